The molecule has 16 heteroatoms. The van der Waals surface area contributed by atoms with E-state index >= 15 is 0 Å². The number of carbonyl (C=O) groups is 3. The number of nitrogens with zero attached hydrogens (tertiary/aromatic N) is 2. The summed E-state index contributed by atoms with van der Waals surface area (Å²) in [6, 6.07) is 12.8. The first kappa shape index (κ1) is 55.0. The minimum Gasteiger partial charge on any atom is -0.444 e. The number of aromatic amines is 2. The second-order valence-electron chi connectivity index (χ2n) is 19.7. The predicted molar refractivity (Wildman–Crippen MR) is 285 cm³/mol. The number of nitrogens with one attached hydrogen (secondary N) is 5. The van der Waals surface area contributed by atoms with Crippen LogP contribution >= 0.6 is 31.9 Å². The van der Waals surface area contributed by atoms with Gasteiger partial charge in [-0.3, -0.25) is 19.2 Å². The van der Waals surface area contributed by atoms with Crippen LogP contribution in [-0.2, 0) is 17.8 Å². The monoisotopic (exact) mass is 1080 g/mol. The third kappa shape index (κ3) is 14.8. The highest BCUT2D eigenvalue weighted by molar-refractivity contribution is 9.10. The summed E-state index contributed by atoms with van der Waals surface area (Å²) < 4.78 is 7.11. The van der Waals surface area contributed by atoms with Crippen LogP contribution in [0.15, 0.2) is 54.9 Å². The number of pyridine rings is 2. The summed E-state index contributed by atoms with van der Waals surface area (Å²) in [5.41, 5.74) is 14.9. The normalized spacial score (nSPS) is 18.1. The average Bonchev–Trinajstić information content (AvgIpc) is 3.26. The molecule has 69 heavy (non-hydrogen) atoms. The van der Waals surface area contributed by atoms with Gasteiger partial charge in [-0.2, -0.15) is 0 Å². The molecule has 3 amide bonds. The van der Waals surface area contributed by atoms with Gasteiger partial charge in [-0.1, -0.05) is 31.9 Å². The van der Waals surface area contributed by atoms with E-state index in [-0.39, 0.29) is 48.2 Å². The number of nitrogens with two attached hydrogens (primary N) is 1. The molecule has 0 spiro atoms. The van der Waals surface area contributed by atoms with E-state index in [4.69, 9.17) is 10.5 Å². The first-order chi connectivity index (χ1) is 32.5. The lowest BCUT2D eigenvalue weighted by molar-refractivity contribution is 0.0490. The number of hydrogen-bond acceptors (Lipinski definition) is 9. The first-order valence-electron chi connectivity index (χ1n) is 24.3. The molecule has 2 aliphatic rings. The minimum atomic E-state index is -0.517. The van der Waals surface area contributed by atoms with Gasteiger partial charge in [0.1, 0.15) is 5.60 Å². The maximum Gasteiger partial charge on any atom is 0.407 e. The molecule has 2 fully saturated rings. The molecule has 0 radical (unpaired) electrons. The molecule has 376 valence electrons. The summed E-state index contributed by atoms with van der Waals surface area (Å²) in [5, 5.41) is 8.89. The highest BCUT2D eigenvalue weighted by Gasteiger charge is 2.30. The standard InChI is InChI=1S/C29H41BrN4O4.C24H33BrN4O2/c1-8-34(22-11-9-21(10-12-22)33-28(37)38-29(5,6)7)25-15-20(30)14-23(19(25)4)26(35)31-16-24-17(2)13-18(3)32-27(24)36;1-5-29(19-8-6-18(26)7-9-19)22-12-17(25)11-20(16(22)4)23(30)27-13-21-14(2)10-15(3)28-24(21)31/h13-15,21-22H,8-12,16H2,1-7H3,(H,31,35)(H,32,36)(H,33,37);10-12,18-19H,5-9,13,26H2,1-4H3,(H,27,30)(H,28,31). The van der Waals surface area contributed by atoms with Gasteiger partial charge in [0.2, 0.25) is 0 Å². The summed E-state index contributed by atoms with van der Waals surface area (Å²) in [7, 11) is 0. The maximum atomic E-state index is 13.2. The van der Waals surface area contributed by atoms with Crippen LogP contribution in [0, 0.1) is 41.5 Å². The van der Waals surface area contributed by atoms with Crippen molar-refractivity contribution < 1.29 is 19.1 Å². The summed E-state index contributed by atoms with van der Waals surface area (Å²) >= 11 is 7.19. The van der Waals surface area contributed by atoms with Crippen molar-refractivity contribution in [2.75, 3.05) is 22.9 Å². The fourth-order valence-corrected chi connectivity index (χ4v) is 10.7. The van der Waals surface area contributed by atoms with Gasteiger partial charge in [0.15, 0.2) is 0 Å². The van der Waals surface area contributed by atoms with Crippen molar-refractivity contribution >= 4 is 61.1 Å². The lowest BCUT2D eigenvalue weighted by Crippen LogP contribution is -2.45. The van der Waals surface area contributed by atoms with Crippen LogP contribution in [0.25, 0.3) is 0 Å². The van der Waals surface area contributed by atoms with Gasteiger partial charge >= 0.3 is 6.09 Å². The molecule has 14 nitrogen and oxygen atoms in total. The van der Waals surface area contributed by atoms with Crippen molar-refractivity contribution in [1.29, 1.82) is 0 Å². The number of halogens is 2. The van der Waals surface area contributed by atoms with Crippen molar-refractivity contribution in [3.8, 4) is 0 Å². The molecule has 0 bridgehead atoms. The molecule has 0 unspecified atom stereocenters. The van der Waals surface area contributed by atoms with Crippen LogP contribution in [0.4, 0.5) is 16.2 Å². The van der Waals surface area contributed by atoms with E-state index in [2.05, 4.69) is 93.6 Å². The van der Waals surface area contributed by atoms with Crippen molar-refractivity contribution in [3.63, 3.8) is 0 Å². The van der Waals surface area contributed by atoms with Gasteiger partial charge < -0.3 is 46.2 Å². The van der Waals surface area contributed by atoms with Gasteiger partial charge in [0.25, 0.3) is 22.9 Å². The Kier molecular flexibility index (Phi) is 19.3. The van der Waals surface area contributed by atoms with E-state index in [9.17, 15) is 24.0 Å². The van der Waals surface area contributed by atoms with Crippen LogP contribution in [0.3, 0.4) is 0 Å². The lowest BCUT2D eigenvalue weighted by Gasteiger charge is -2.39. The van der Waals surface area contributed by atoms with E-state index in [0.29, 0.717) is 40.4 Å². The molecule has 2 aromatic carbocycles. The summed E-state index contributed by atoms with van der Waals surface area (Å²) in [5.74, 6) is -0.396. The molecule has 2 aromatic heterocycles. The number of ether oxygens (including phenoxy) is 1. The van der Waals surface area contributed by atoms with Crippen LogP contribution in [0.1, 0.15) is 151 Å². The number of aromatic nitrogens is 2. The largest absolute Gasteiger partial charge is 0.444 e. The topological polar surface area (TPSA) is 195 Å². The van der Waals surface area contributed by atoms with Gasteiger partial charge in [0, 0.05) is 104 Å². The number of amides is 3. The van der Waals surface area contributed by atoms with Gasteiger partial charge in [-0.15, -0.1) is 0 Å². The quantitative estimate of drug-likeness (QED) is 0.0756. The Morgan fingerprint density at radius 3 is 1.41 bits per heavy atom. The van der Waals surface area contributed by atoms with Crippen LogP contribution in [0.2, 0.25) is 0 Å². The Hall–Kier alpha value is -4.93. The Balaban J connectivity index is 0.000000263. The second-order valence-corrected chi connectivity index (χ2v) is 21.6. The van der Waals surface area contributed by atoms with Crippen molar-refractivity contribution in [2.45, 2.75) is 170 Å². The first-order valence-corrected chi connectivity index (χ1v) is 25.9. The number of H-pyrrole nitrogens is 2. The minimum absolute atomic E-state index is 0.0955. The van der Waals surface area contributed by atoms with E-state index in [1.165, 1.54) is 0 Å². The predicted octanol–water partition coefficient (Wildman–Crippen LogP) is 9.74. The molecule has 0 aliphatic heterocycles. The number of alkyl carbamates (subject to hydrolysis) is 1. The van der Waals surface area contributed by atoms with Crippen molar-refractivity contribution in [1.82, 2.24) is 25.9 Å². The number of carbonyl (C=O) groups excluding carboxylic acids is 3. The number of rotatable bonds is 13. The molecule has 4 aromatic rings. The molecule has 2 saturated carbocycles. The fourth-order valence-electron chi connectivity index (χ4n) is 9.80. The third-order valence-corrected chi connectivity index (χ3v) is 14.3. The van der Waals surface area contributed by atoms with Crippen LogP contribution in [-0.4, -0.2) is 70.7 Å². The summed E-state index contributed by atoms with van der Waals surface area (Å²) in [6.45, 7) is 23.3. The molecule has 2 heterocycles. The molecule has 7 N–H and O–H groups in total. The fraction of sp³-hybridized carbons (Fsp3) is 0.528. The highest BCUT2D eigenvalue weighted by Crippen LogP contribution is 2.35. The average molecular weight is 1080 g/mol. The Morgan fingerprint density at radius 2 is 1.04 bits per heavy atom. The lowest BCUT2D eigenvalue weighted by atomic mass is 9.89. The number of anilines is 2. The SMILES string of the molecule is CCN(c1cc(Br)cc(C(=O)NCc2c(C)cc(C)[nH]c2=O)c1C)C1CCC(N)CC1.CCN(c1cc(Br)cc(C(=O)NCc2c(C)cc(C)[nH]c2=O)c1C)C1CCC(NC(=O)OC(C)(C)C)CC1. The zero-order valence-corrected chi connectivity index (χ0v) is 45.6. The summed E-state index contributed by atoms with van der Waals surface area (Å²) in [6.07, 6.45) is 7.42. The van der Waals surface area contributed by atoms with E-state index in [1.54, 1.807) is 0 Å². The van der Waals surface area contributed by atoms with E-state index in [1.807, 2.05) is 86.6 Å². The maximum absolute atomic E-state index is 13.2. The Bertz CT molecular complexity index is 2590. The van der Waals surface area contributed by atoms with Gasteiger partial charge in [-0.05, 0) is 186 Å². The third-order valence-electron chi connectivity index (χ3n) is 13.4. The van der Waals surface area contributed by atoms with Crippen molar-refractivity contribution in [2.24, 2.45) is 5.73 Å². The van der Waals surface area contributed by atoms with Gasteiger partial charge in [-0.25, -0.2) is 4.79 Å². The van der Waals surface area contributed by atoms with Gasteiger partial charge in [0.05, 0.1) is 0 Å². The van der Waals surface area contributed by atoms with Crippen molar-refractivity contribution in [3.05, 3.63) is 122 Å². The van der Waals surface area contributed by atoms with E-state index < -0.39 is 5.60 Å². The van der Waals surface area contributed by atoms with Crippen LogP contribution in [0.5, 0.6) is 0 Å². The zero-order valence-electron chi connectivity index (χ0n) is 42.4. The molecular weight excluding hydrogens is 1000 g/mol. The molecule has 2 aliphatic carbocycles. The molecular formula is C53H74Br2N8O6. The van der Waals surface area contributed by atoms with Crippen LogP contribution < -0.4 is 42.6 Å². The smallest absolute Gasteiger partial charge is 0.407 e. The second kappa shape index (κ2) is 24.3. The van der Waals surface area contributed by atoms with E-state index in [0.717, 1.165) is 118 Å². The summed E-state index contributed by atoms with van der Waals surface area (Å²) in [4.78, 5) is 73.6. The Labute approximate surface area is 425 Å². The zero-order chi connectivity index (χ0) is 50.9. The molecule has 0 atom stereocenters. The number of benzene rings is 2. The Morgan fingerprint density at radius 1 is 0.652 bits per heavy atom. The number of hydrogen-bond donors (Lipinski definition) is 6. The molecule has 6 rings (SSSR count). The highest BCUT2D eigenvalue weighted by atomic mass is 79.9. The molecule has 0 saturated heterocycles. The number of aryl methyl sites for hydroxylation is 4.